The molecule has 0 bridgehead atoms. The van der Waals surface area contributed by atoms with Gasteiger partial charge >= 0.3 is 6.09 Å². The molecule has 2 amide bonds. The third kappa shape index (κ3) is 7.42. The summed E-state index contributed by atoms with van der Waals surface area (Å²) in [6, 6.07) is 5.15. The third-order valence-electron chi connectivity index (χ3n) is 6.19. The van der Waals surface area contributed by atoms with Gasteiger partial charge in [0.25, 0.3) is 0 Å². The highest BCUT2D eigenvalue weighted by Gasteiger charge is 2.39. The summed E-state index contributed by atoms with van der Waals surface area (Å²) in [7, 11) is 1.57. The van der Waals surface area contributed by atoms with Crippen LogP contribution in [0.1, 0.15) is 55.0 Å². The van der Waals surface area contributed by atoms with E-state index in [9.17, 15) is 9.59 Å². The maximum Gasteiger partial charge on any atom is 0.410 e. The van der Waals surface area contributed by atoms with Crippen molar-refractivity contribution < 1.29 is 23.2 Å². The van der Waals surface area contributed by atoms with Crippen LogP contribution < -0.4 is 10.6 Å². The van der Waals surface area contributed by atoms with Gasteiger partial charge in [-0.2, -0.15) is 0 Å². The summed E-state index contributed by atoms with van der Waals surface area (Å²) in [5.41, 5.74) is 1.24. The van der Waals surface area contributed by atoms with Gasteiger partial charge in [-0.3, -0.25) is 4.79 Å². The SMILES string of the molecule is [2H]C([2H])([2H])Nc1ncc(C#Cc2ccc(CN(CCOC)C(=O)OC(C)(C)C)cn2)c2cc(NC(=O)[C@H]3C[C@H]3C)nnc12. The molecule has 3 aromatic heterocycles. The molecule has 0 radical (unpaired) electrons. The Labute approximate surface area is 238 Å². The molecule has 0 aromatic carbocycles. The predicted octanol–water partition coefficient (Wildman–Crippen LogP) is 3.84. The second-order valence-corrected chi connectivity index (χ2v) is 10.6. The van der Waals surface area contributed by atoms with Crippen LogP contribution in [0.15, 0.2) is 30.6 Å². The number of fused-ring (bicyclic) bond motifs is 1. The van der Waals surface area contributed by atoms with Crippen LogP contribution in [0.3, 0.4) is 0 Å². The van der Waals surface area contributed by atoms with E-state index in [-0.39, 0.29) is 35.5 Å². The molecule has 1 aliphatic carbocycles. The van der Waals surface area contributed by atoms with Gasteiger partial charge in [-0.1, -0.05) is 18.9 Å². The van der Waals surface area contributed by atoms with Crippen LogP contribution in [0.4, 0.5) is 16.4 Å². The maximum absolute atomic E-state index is 12.7. The van der Waals surface area contributed by atoms with Crippen molar-refractivity contribution in [2.45, 2.75) is 46.3 Å². The summed E-state index contributed by atoms with van der Waals surface area (Å²) >= 11 is 0. The number of carbonyl (C=O) groups is 2. The number of nitrogens with one attached hydrogen (secondary N) is 2. The summed E-state index contributed by atoms with van der Waals surface area (Å²) in [6.45, 7) is 5.91. The summed E-state index contributed by atoms with van der Waals surface area (Å²) in [6.07, 6.45) is 3.43. The van der Waals surface area contributed by atoms with Gasteiger partial charge in [0.15, 0.2) is 11.6 Å². The zero-order valence-corrected chi connectivity index (χ0v) is 23.2. The smallest absolute Gasteiger partial charge is 0.410 e. The number of hydrogen-bond donors (Lipinski definition) is 2. The van der Waals surface area contributed by atoms with E-state index < -0.39 is 18.7 Å². The molecule has 3 heterocycles. The van der Waals surface area contributed by atoms with Crippen molar-refractivity contribution in [3.63, 3.8) is 0 Å². The van der Waals surface area contributed by atoms with Crippen molar-refractivity contribution in [1.29, 1.82) is 0 Å². The number of carbonyl (C=O) groups excluding carboxylic acids is 2. The van der Waals surface area contributed by atoms with Crippen molar-refractivity contribution in [2.75, 3.05) is 37.9 Å². The Kier molecular flexibility index (Phi) is 7.58. The topological polar surface area (TPSA) is 131 Å². The lowest BCUT2D eigenvalue weighted by atomic mass is 10.1. The summed E-state index contributed by atoms with van der Waals surface area (Å²) in [5, 5.41) is 13.8. The minimum absolute atomic E-state index is 0.0206. The van der Waals surface area contributed by atoms with E-state index >= 15 is 0 Å². The van der Waals surface area contributed by atoms with Gasteiger partial charge in [0.05, 0.1) is 18.7 Å². The number of amides is 2. The molecule has 11 heteroatoms. The van der Waals surface area contributed by atoms with Crippen LogP contribution in [-0.4, -0.2) is 69.9 Å². The minimum Gasteiger partial charge on any atom is -0.444 e. The molecule has 1 saturated carbocycles. The fraction of sp³-hybridized carbons (Fsp3) is 0.448. The number of pyridine rings is 2. The molecule has 3 aromatic rings. The predicted molar refractivity (Wildman–Crippen MR) is 152 cm³/mol. The van der Waals surface area contributed by atoms with Gasteiger partial charge in [-0.25, -0.2) is 14.8 Å². The van der Waals surface area contributed by atoms with Crippen LogP contribution in [0, 0.1) is 23.7 Å². The fourth-order valence-corrected chi connectivity index (χ4v) is 3.90. The number of aromatic nitrogens is 4. The normalized spacial score (nSPS) is 17.5. The second-order valence-electron chi connectivity index (χ2n) is 10.6. The zero-order chi connectivity index (χ0) is 31.4. The van der Waals surface area contributed by atoms with E-state index in [2.05, 4.69) is 42.6 Å². The Bertz CT molecular complexity index is 1550. The summed E-state index contributed by atoms with van der Waals surface area (Å²) in [4.78, 5) is 35.3. The Balaban J connectivity index is 1.58. The van der Waals surface area contributed by atoms with Crippen molar-refractivity contribution in [1.82, 2.24) is 25.1 Å². The average Bonchev–Trinajstić information content (AvgIpc) is 3.66. The number of methoxy groups -OCH3 is 1. The minimum atomic E-state index is -2.50. The average molecular weight is 549 g/mol. The molecular formula is C29H35N7O4. The molecule has 2 atom stereocenters. The zero-order valence-electron chi connectivity index (χ0n) is 26.2. The van der Waals surface area contributed by atoms with Crippen LogP contribution in [0.2, 0.25) is 0 Å². The van der Waals surface area contributed by atoms with Crippen LogP contribution in [0.25, 0.3) is 10.9 Å². The highest BCUT2D eigenvalue weighted by Crippen LogP contribution is 2.38. The van der Waals surface area contributed by atoms with Gasteiger partial charge in [0.2, 0.25) is 5.91 Å². The van der Waals surface area contributed by atoms with Gasteiger partial charge in [0, 0.05) is 48.4 Å². The Morgan fingerprint density at radius 3 is 2.65 bits per heavy atom. The number of ether oxygens (including phenoxy) is 2. The van der Waals surface area contributed by atoms with Gasteiger partial charge in [-0.15, -0.1) is 10.2 Å². The second kappa shape index (κ2) is 12.3. The third-order valence-corrected chi connectivity index (χ3v) is 6.19. The molecular weight excluding hydrogens is 510 g/mol. The van der Waals surface area contributed by atoms with E-state index in [0.29, 0.717) is 35.7 Å². The Morgan fingerprint density at radius 2 is 2.00 bits per heavy atom. The van der Waals surface area contributed by atoms with E-state index in [1.54, 1.807) is 30.3 Å². The number of rotatable bonds is 8. The molecule has 0 saturated heterocycles. The first kappa shape index (κ1) is 24.7. The molecule has 40 heavy (non-hydrogen) atoms. The van der Waals surface area contributed by atoms with Gasteiger partial charge in [-0.05, 0) is 56.7 Å². The first-order valence-corrected chi connectivity index (χ1v) is 12.9. The number of nitrogens with zero attached hydrogens (tertiary/aromatic N) is 5. The highest BCUT2D eigenvalue weighted by atomic mass is 16.6. The lowest BCUT2D eigenvalue weighted by molar-refractivity contribution is -0.117. The molecule has 2 N–H and O–H groups in total. The Morgan fingerprint density at radius 1 is 1.20 bits per heavy atom. The monoisotopic (exact) mass is 548 g/mol. The van der Waals surface area contributed by atoms with Gasteiger partial charge in [0.1, 0.15) is 16.8 Å². The van der Waals surface area contributed by atoms with E-state index in [1.807, 2.05) is 33.8 Å². The van der Waals surface area contributed by atoms with Crippen molar-refractivity contribution in [3.8, 4) is 11.8 Å². The number of anilines is 2. The van der Waals surface area contributed by atoms with E-state index in [0.717, 1.165) is 12.0 Å². The highest BCUT2D eigenvalue weighted by molar-refractivity contribution is 5.97. The standard InChI is InChI=1S/C29H35N7O4/c1-18-13-22(18)27(37)33-24-14-23-20(16-32-26(30-5)25(23)35-34-24)8-10-21-9-7-19(15-31-21)17-36(11-12-39-6)28(38)40-29(2,3)4/h7,9,14-16,18,22H,11-13,17H2,1-6H3,(H,30,32)(H,33,34,37)/t18-,22+/m1/s1/i5D3. The first-order chi connectivity index (χ1) is 20.2. The number of hydrogen-bond acceptors (Lipinski definition) is 9. The summed E-state index contributed by atoms with van der Waals surface area (Å²) < 4.78 is 33.3. The van der Waals surface area contributed by atoms with Crippen LogP contribution in [0.5, 0.6) is 0 Å². The lowest BCUT2D eigenvalue weighted by Gasteiger charge is -2.27. The lowest BCUT2D eigenvalue weighted by Crippen LogP contribution is -2.38. The molecule has 4 rings (SSSR count). The maximum atomic E-state index is 12.7. The first-order valence-electron chi connectivity index (χ1n) is 14.4. The van der Waals surface area contributed by atoms with Crippen molar-refractivity contribution in [2.24, 2.45) is 11.8 Å². The van der Waals surface area contributed by atoms with Crippen molar-refractivity contribution in [3.05, 3.63) is 47.4 Å². The molecule has 0 aliphatic heterocycles. The van der Waals surface area contributed by atoms with E-state index in [1.165, 1.54) is 6.20 Å². The molecule has 0 spiro atoms. The summed E-state index contributed by atoms with van der Waals surface area (Å²) in [5.74, 6) is 6.38. The molecule has 1 fully saturated rings. The Hall–Kier alpha value is -4.30. The van der Waals surface area contributed by atoms with Crippen LogP contribution >= 0.6 is 0 Å². The quantitative estimate of drug-likeness (QED) is 0.403. The molecule has 11 nitrogen and oxygen atoms in total. The molecule has 0 unspecified atom stereocenters. The molecule has 1 aliphatic rings. The van der Waals surface area contributed by atoms with Crippen molar-refractivity contribution >= 4 is 34.5 Å². The van der Waals surface area contributed by atoms with Crippen LogP contribution in [-0.2, 0) is 20.8 Å². The van der Waals surface area contributed by atoms with E-state index in [4.69, 9.17) is 13.6 Å². The molecule has 210 valence electrons. The van der Waals surface area contributed by atoms with Gasteiger partial charge < -0.3 is 25.0 Å². The largest absolute Gasteiger partial charge is 0.444 e. The fourth-order valence-electron chi connectivity index (χ4n) is 3.90.